The van der Waals surface area contributed by atoms with Gasteiger partial charge in [-0.2, -0.15) is 0 Å². The lowest BCUT2D eigenvalue weighted by molar-refractivity contribution is 0.355. The van der Waals surface area contributed by atoms with Crippen molar-refractivity contribution in [2.24, 2.45) is 5.73 Å². The molecule has 1 aromatic carbocycles. The van der Waals surface area contributed by atoms with E-state index >= 15 is 0 Å². The Morgan fingerprint density at radius 1 is 0.931 bits per heavy atom. The number of ether oxygens (including phenoxy) is 3. The van der Waals surface area contributed by atoms with E-state index in [1.165, 1.54) is 0 Å². The minimum Gasteiger partial charge on any atom is -0.493 e. The minimum atomic E-state index is 0.568. The highest BCUT2D eigenvalue weighted by Crippen LogP contribution is 2.35. The van der Waals surface area contributed by atoms with Crippen molar-refractivity contribution < 1.29 is 14.2 Å². The predicted octanol–water partition coefficient (Wildman–Crippen LogP) is 6.64. The van der Waals surface area contributed by atoms with Gasteiger partial charge in [0.05, 0.1) is 19.7 Å². The number of allylic oxidation sites excluding steroid dienone is 4. The number of hydrogen-bond acceptors (Lipinski definition) is 5. The van der Waals surface area contributed by atoms with Crippen LogP contribution in [0.2, 0.25) is 0 Å². The molecule has 2 aromatic rings. The topological polar surface area (TPSA) is 66.6 Å². The number of nitrogens with two attached hydrogens (primary N) is 1. The first-order valence-electron chi connectivity index (χ1n) is 10.0. The average molecular weight is 403 g/mol. The van der Waals surface area contributed by atoms with Crippen LogP contribution in [0.3, 0.4) is 0 Å². The van der Waals surface area contributed by atoms with Crippen molar-refractivity contribution in [1.29, 1.82) is 0 Å². The van der Waals surface area contributed by atoms with E-state index in [2.05, 4.69) is 11.6 Å². The molecular weight excluding hydrogens is 364 g/mol. The van der Waals surface area contributed by atoms with Gasteiger partial charge in [0.2, 0.25) is 0 Å². The standard InChI is InChI=1S/C18H20N2O3.3C2H6/c1-5-13(19)7-6-12(2)23-16-8-9-20-15-11-18(22-4)17(21-3)10-14(15)16;3*1-2/h5-11H,1,19H2,2-4H3;3*1-2H3/b12-6+,13-7+;;;. The van der Waals surface area contributed by atoms with Crippen LogP contribution >= 0.6 is 0 Å². The molecule has 2 rings (SSSR count). The van der Waals surface area contributed by atoms with E-state index in [0.717, 1.165) is 10.9 Å². The number of benzene rings is 1. The molecule has 0 saturated carbocycles. The number of aromatic nitrogens is 1. The zero-order valence-electron chi connectivity index (χ0n) is 19.5. The summed E-state index contributed by atoms with van der Waals surface area (Å²) in [5.41, 5.74) is 7.00. The third-order valence-corrected chi connectivity index (χ3v) is 3.22. The van der Waals surface area contributed by atoms with E-state index in [1.807, 2.05) is 60.6 Å². The zero-order chi connectivity index (χ0) is 22.8. The van der Waals surface area contributed by atoms with Gasteiger partial charge in [-0.1, -0.05) is 48.1 Å². The van der Waals surface area contributed by atoms with E-state index in [9.17, 15) is 0 Å². The second-order valence-electron chi connectivity index (χ2n) is 4.78. The SMILES string of the molecule is C=C/C(N)=C\C=C(/C)Oc1ccnc2cc(OC)c(OC)cc12.CC.CC.CC. The lowest BCUT2D eigenvalue weighted by Gasteiger charge is -2.12. The summed E-state index contributed by atoms with van der Waals surface area (Å²) in [5, 5.41) is 0.832. The third-order valence-electron chi connectivity index (χ3n) is 3.22. The molecule has 0 saturated heterocycles. The molecule has 5 nitrogen and oxygen atoms in total. The van der Waals surface area contributed by atoms with Crippen LogP contribution in [-0.4, -0.2) is 19.2 Å². The molecule has 2 N–H and O–H groups in total. The van der Waals surface area contributed by atoms with Crippen molar-refractivity contribution in [3.63, 3.8) is 0 Å². The van der Waals surface area contributed by atoms with Gasteiger partial charge < -0.3 is 19.9 Å². The van der Waals surface area contributed by atoms with Gasteiger partial charge in [0.25, 0.3) is 0 Å². The first-order valence-corrected chi connectivity index (χ1v) is 10.0. The van der Waals surface area contributed by atoms with Gasteiger partial charge in [-0.05, 0) is 37.3 Å². The third kappa shape index (κ3) is 9.19. The second-order valence-corrected chi connectivity index (χ2v) is 4.78. The van der Waals surface area contributed by atoms with Crippen molar-refractivity contribution in [1.82, 2.24) is 4.98 Å². The molecule has 0 aliphatic carbocycles. The van der Waals surface area contributed by atoms with Gasteiger partial charge in [0, 0.05) is 23.3 Å². The van der Waals surface area contributed by atoms with Gasteiger partial charge in [-0.25, -0.2) is 0 Å². The predicted molar refractivity (Wildman–Crippen MR) is 126 cm³/mol. The molecule has 0 unspecified atom stereocenters. The van der Waals surface area contributed by atoms with Gasteiger partial charge in [-0.15, -0.1) is 0 Å². The molecule has 5 heteroatoms. The molecule has 162 valence electrons. The Hall–Kier alpha value is -2.95. The Morgan fingerprint density at radius 2 is 1.48 bits per heavy atom. The highest BCUT2D eigenvalue weighted by Gasteiger charge is 2.10. The highest BCUT2D eigenvalue weighted by molar-refractivity contribution is 5.88. The smallest absolute Gasteiger partial charge is 0.162 e. The summed E-state index contributed by atoms with van der Waals surface area (Å²) in [7, 11) is 3.18. The molecule has 0 aliphatic heterocycles. The molecule has 1 heterocycles. The zero-order valence-corrected chi connectivity index (χ0v) is 19.5. The van der Waals surface area contributed by atoms with Crippen LogP contribution in [0.15, 0.2) is 60.7 Å². The van der Waals surface area contributed by atoms with E-state index in [0.29, 0.717) is 28.7 Å². The van der Waals surface area contributed by atoms with Crippen molar-refractivity contribution in [2.45, 2.75) is 48.5 Å². The number of rotatable bonds is 6. The number of fused-ring (bicyclic) bond motifs is 1. The maximum atomic E-state index is 5.89. The van der Waals surface area contributed by atoms with Gasteiger partial charge in [0.1, 0.15) is 11.5 Å². The summed E-state index contributed by atoms with van der Waals surface area (Å²) < 4.78 is 16.5. The summed E-state index contributed by atoms with van der Waals surface area (Å²) >= 11 is 0. The molecule has 0 radical (unpaired) electrons. The van der Waals surface area contributed by atoms with E-state index in [4.69, 9.17) is 19.9 Å². The monoisotopic (exact) mass is 402 g/mol. The van der Waals surface area contributed by atoms with Crippen molar-refractivity contribution >= 4 is 10.9 Å². The first kappa shape index (κ1) is 28.3. The lowest BCUT2D eigenvalue weighted by atomic mass is 10.2. The Kier molecular flexibility index (Phi) is 16.7. The van der Waals surface area contributed by atoms with E-state index < -0.39 is 0 Å². The average Bonchev–Trinajstić information content (AvgIpc) is 2.80. The number of methoxy groups -OCH3 is 2. The first-order chi connectivity index (χ1) is 14.1. The molecule has 0 bridgehead atoms. The molecule has 1 aromatic heterocycles. The molecule has 0 amide bonds. The maximum absolute atomic E-state index is 5.89. The quantitative estimate of drug-likeness (QED) is 0.433. The Bertz CT molecular complexity index is 781. The Labute approximate surface area is 176 Å². The van der Waals surface area contributed by atoms with Crippen molar-refractivity contribution in [2.75, 3.05) is 14.2 Å². The summed E-state index contributed by atoms with van der Waals surface area (Å²) in [6, 6.07) is 5.46. The van der Waals surface area contributed by atoms with Crippen LogP contribution in [0, 0.1) is 0 Å². The Balaban J connectivity index is 0. The molecular formula is C24H38N2O3. The van der Waals surface area contributed by atoms with Gasteiger partial charge in [0.15, 0.2) is 11.5 Å². The van der Waals surface area contributed by atoms with Crippen molar-refractivity contribution in [3.05, 3.63) is 60.7 Å². The lowest BCUT2D eigenvalue weighted by Crippen LogP contribution is -1.96. The van der Waals surface area contributed by atoms with Gasteiger partial charge >= 0.3 is 0 Å². The fourth-order valence-electron chi connectivity index (χ4n) is 2.03. The maximum Gasteiger partial charge on any atom is 0.162 e. The number of hydrogen-bond donors (Lipinski definition) is 1. The molecule has 0 spiro atoms. The Morgan fingerprint density at radius 3 is 2.00 bits per heavy atom. The number of pyridine rings is 1. The van der Waals surface area contributed by atoms with Crippen LogP contribution in [0.4, 0.5) is 0 Å². The normalized spacial score (nSPS) is 10.2. The van der Waals surface area contributed by atoms with Gasteiger partial charge in [-0.3, -0.25) is 4.98 Å². The highest BCUT2D eigenvalue weighted by atomic mass is 16.5. The molecule has 0 aliphatic rings. The molecule has 29 heavy (non-hydrogen) atoms. The molecule has 0 fully saturated rings. The summed E-state index contributed by atoms with van der Waals surface area (Å²) in [6.07, 6.45) is 6.77. The van der Waals surface area contributed by atoms with E-state index in [1.54, 1.807) is 44.7 Å². The van der Waals surface area contributed by atoms with Crippen LogP contribution in [0.5, 0.6) is 17.2 Å². The van der Waals surface area contributed by atoms with E-state index in [-0.39, 0.29) is 0 Å². The largest absolute Gasteiger partial charge is 0.493 e. The van der Waals surface area contributed by atoms with Crippen LogP contribution in [-0.2, 0) is 0 Å². The summed E-state index contributed by atoms with van der Waals surface area (Å²) in [5.74, 6) is 2.61. The number of nitrogens with zero attached hydrogens (tertiary/aromatic N) is 1. The molecule has 0 atom stereocenters. The van der Waals surface area contributed by atoms with Crippen molar-refractivity contribution in [3.8, 4) is 17.2 Å². The van der Waals surface area contributed by atoms with Crippen LogP contribution in [0.25, 0.3) is 10.9 Å². The fraction of sp³-hybridized carbons (Fsp3) is 0.375. The van der Waals surface area contributed by atoms with Crippen LogP contribution < -0.4 is 19.9 Å². The van der Waals surface area contributed by atoms with Crippen LogP contribution in [0.1, 0.15) is 48.5 Å². The second kappa shape index (κ2) is 17.2. The minimum absolute atomic E-state index is 0.568. The summed E-state index contributed by atoms with van der Waals surface area (Å²) in [4.78, 5) is 4.34. The summed E-state index contributed by atoms with van der Waals surface area (Å²) in [6.45, 7) is 17.4. The fourth-order valence-corrected chi connectivity index (χ4v) is 2.03.